The van der Waals surface area contributed by atoms with E-state index in [0.717, 1.165) is 55.5 Å². The molecule has 1 aliphatic heterocycles. The van der Waals surface area contributed by atoms with Gasteiger partial charge in [0.05, 0.1) is 19.3 Å². The third kappa shape index (κ3) is 5.19. The monoisotopic (exact) mass is 410 g/mol. The number of hydrogen-bond donors (Lipinski definition) is 2. The summed E-state index contributed by atoms with van der Waals surface area (Å²) in [6.45, 7) is 4.57. The molecule has 2 unspecified atom stereocenters. The normalized spacial score (nSPS) is 30.2. The summed E-state index contributed by atoms with van der Waals surface area (Å²) < 4.78 is 13.2. The van der Waals surface area contributed by atoms with Gasteiger partial charge in [0, 0.05) is 16.6 Å². The van der Waals surface area contributed by atoms with Crippen LogP contribution >= 0.6 is 15.9 Å². The number of piperidine rings is 1. The first kappa shape index (κ1) is 19.2. The van der Waals surface area contributed by atoms with E-state index in [-0.39, 0.29) is 6.04 Å². The van der Waals surface area contributed by atoms with Crippen LogP contribution in [0, 0.1) is 0 Å². The van der Waals surface area contributed by atoms with Gasteiger partial charge in [0.2, 0.25) is 0 Å². The van der Waals surface area contributed by atoms with Crippen molar-refractivity contribution in [2.24, 2.45) is 5.73 Å². The fourth-order valence-electron chi connectivity index (χ4n) is 4.07. The van der Waals surface area contributed by atoms with E-state index in [0.29, 0.717) is 24.7 Å². The summed E-state index contributed by atoms with van der Waals surface area (Å²) in [4.78, 5) is 0. The lowest BCUT2D eigenvalue weighted by Gasteiger charge is -2.33. The van der Waals surface area contributed by atoms with Crippen LogP contribution in [-0.2, 0) is 4.74 Å². The van der Waals surface area contributed by atoms with E-state index in [2.05, 4.69) is 39.4 Å². The Balaban J connectivity index is 1.51. The number of rotatable bonds is 6. The van der Waals surface area contributed by atoms with Crippen molar-refractivity contribution in [2.45, 2.75) is 69.6 Å². The van der Waals surface area contributed by atoms with Gasteiger partial charge in [0.1, 0.15) is 5.75 Å². The van der Waals surface area contributed by atoms with Crippen LogP contribution in [0.2, 0.25) is 0 Å². The summed E-state index contributed by atoms with van der Waals surface area (Å²) >= 11 is 3.60. The largest absolute Gasteiger partial charge is 0.494 e. The molecule has 3 rings (SSSR count). The molecule has 5 heteroatoms. The molecule has 140 valence electrons. The van der Waals surface area contributed by atoms with E-state index in [1.165, 1.54) is 12.0 Å². The van der Waals surface area contributed by atoms with Crippen LogP contribution in [0.1, 0.15) is 56.9 Å². The van der Waals surface area contributed by atoms with Gasteiger partial charge in [-0.2, -0.15) is 0 Å². The standard InChI is InChI=1S/C20H31BrN2O2/c1-2-24-20-10-7-15(21)12-17(20)14-5-8-16(9-6-14)25-13-19-18(22)4-3-11-23-19/h7,10,12,14,16,18-19,23H,2-6,8-9,11,13,22H2,1H3/t14-,16+,18?,19?. The molecule has 1 aromatic rings. The molecule has 0 amide bonds. The van der Waals surface area contributed by atoms with Crippen molar-refractivity contribution in [2.75, 3.05) is 19.8 Å². The van der Waals surface area contributed by atoms with Crippen LogP contribution in [0.3, 0.4) is 0 Å². The Labute approximate surface area is 160 Å². The lowest BCUT2D eigenvalue weighted by atomic mass is 9.82. The van der Waals surface area contributed by atoms with Crippen molar-refractivity contribution in [3.05, 3.63) is 28.2 Å². The number of nitrogens with one attached hydrogen (secondary N) is 1. The molecule has 2 aliphatic rings. The van der Waals surface area contributed by atoms with E-state index in [1.807, 2.05) is 6.92 Å². The van der Waals surface area contributed by atoms with Crippen LogP contribution < -0.4 is 15.8 Å². The minimum absolute atomic E-state index is 0.237. The Bertz CT molecular complexity index is 546. The zero-order chi connectivity index (χ0) is 17.6. The summed E-state index contributed by atoms with van der Waals surface area (Å²) in [6, 6.07) is 6.93. The minimum atomic E-state index is 0.237. The number of nitrogens with two attached hydrogens (primary N) is 1. The summed E-state index contributed by atoms with van der Waals surface area (Å²) in [5.74, 6) is 1.60. The quantitative estimate of drug-likeness (QED) is 0.744. The lowest BCUT2D eigenvalue weighted by molar-refractivity contribution is 0.00606. The highest BCUT2D eigenvalue weighted by atomic mass is 79.9. The zero-order valence-corrected chi connectivity index (χ0v) is 16.8. The summed E-state index contributed by atoms with van der Waals surface area (Å²) in [7, 11) is 0. The van der Waals surface area contributed by atoms with E-state index >= 15 is 0 Å². The maximum absolute atomic E-state index is 6.20. The molecule has 0 aromatic heterocycles. The van der Waals surface area contributed by atoms with Crippen LogP contribution in [-0.4, -0.2) is 37.9 Å². The Morgan fingerprint density at radius 2 is 2.00 bits per heavy atom. The topological polar surface area (TPSA) is 56.5 Å². The van der Waals surface area contributed by atoms with Gasteiger partial charge in [0.25, 0.3) is 0 Å². The smallest absolute Gasteiger partial charge is 0.122 e. The minimum Gasteiger partial charge on any atom is -0.494 e. The number of benzene rings is 1. The van der Waals surface area contributed by atoms with E-state index in [1.54, 1.807) is 0 Å². The Morgan fingerprint density at radius 1 is 1.20 bits per heavy atom. The van der Waals surface area contributed by atoms with Gasteiger partial charge in [-0.1, -0.05) is 15.9 Å². The maximum Gasteiger partial charge on any atom is 0.122 e. The van der Waals surface area contributed by atoms with Gasteiger partial charge < -0.3 is 20.5 Å². The van der Waals surface area contributed by atoms with Gasteiger partial charge in [0.15, 0.2) is 0 Å². The molecule has 2 fully saturated rings. The Hall–Kier alpha value is -0.620. The molecule has 1 aromatic carbocycles. The fourth-order valence-corrected chi connectivity index (χ4v) is 4.44. The highest BCUT2D eigenvalue weighted by Gasteiger charge is 2.27. The van der Waals surface area contributed by atoms with Gasteiger partial charge in [-0.05, 0) is 81.7 Å². The van der Waals surface area contributed by atoms with E-state index in [4.69, 9.17) is 15.2 Å². The molecule has 0 spiro atoms. The predicted molar refractivity (Wildman–Crippen MR) is 105 cm³/mol. The average molecular weight is 411 g/mol. The average Bonchev–Trinajstić information content (AvgIpc) is 2.63. The molecule has 2 atom stereocenters. The number of hydrogen-bond acceptors (Lipinski definition) is 4. The molecule has 1 aliphatic carbocycles. The van der Waals surface area contributed by atoms with Gasteiger partial charge in [-0.25, -0.2) is 0 Å². The van der Waals surface area contributed by atoms with Crippen LogP contribution in [0.15, 0.2) is 22.7 Å². The van der Waals surface area contributed by atoms with Gasteiger partial charge in [-0.3, -0.25) is 0 Å². The Morgan fingerprint density at radius 3 is 2.72 bits per heavy atom. The maximum atomic E-state index is 6.20. The first-order valence-corrected chi connectivity index (χ1v) is 10.5. The first-order chi connectivity index (χ1) is 12.2. The first-order valence-electron chi connectivity index (χ1n) is 9.70. The van der Waals surface area contributed by atoms with Gasteiger partial charge >= 0.3 is 0 Å². The predicted octanol–water partition coefficient (Wildman–Crippen LogP) is 3.97. The highest BCUT2D eigenvalue weighted by Crippen LogP contribution is 2.39. The van der Waals surface area contributed by atoms with Crippen LogP contribution in [0.5, 0.6) is 5.75 Å². The molecule has 1 saturated heterocycles. The second kappa shape index (κ2) is 9.36. The van der Waals surface area contributed by atoms with Crippen molar-refractivity contribution in [3.8, 4) is 5.75 Å². The third-order valence-corrected chi connectivity index (χ3v) is 6.03. The lowest BCUT2D eigenvalue weighted by Crippen LogP contribution is -2.52. The van der Waals surface area contributed by atoms with Gasteiger partial charge in [-0.15, -0.1) is 0 Å². The molecule has 3 N–H and O–H groups in total. The summed E-state index contributed by atoms with van der Waals surface area (Å²) in [6.07, 6.45) is 7.20. The molecule has 25 heavy (non-hydrogen) atoms. The van der Waals surface area contributed by atoms with E-state index < -0.39 is 0 Å². The fraction of sp³-hybridized carbons (Fsp3) is 0.700. The van der Waals surface area contributed by atoms with Crippen molar-refractivity contribution < 1.29 is 9.47 Å². The molecular weight excluding hydrogens is 380 g/mol. The third-order valence-electron chi connectivity index (χ3n) is 5.53. The molecule has 0 radical (unpaired) electrons. The van der Waals surface area contributed by atoms with Crippen LogP contribution in [0.4, 0.5) is 0 Å². The molecule has 4 nitrogen and oxygen atoms in total. The van der Waals surface area contributed by atoms with Crippen molar-refractivity contribution in [3.63, 3.8) is 0 Å². The van der Waals surface area contributed by atoms with Crippen molar-refractivity contribution in [1.82, 2.24) is 5.32 Å². The Kier molecular flexibility index (Phi) is 7.17. The van der Waals surface area contributed by atoms with Crippen molar-refractivity contribution in [1.29, 1.82) is 0 Å². The molecule has 0 bridgehead atoms. The molecule has 1 heterocycles. The second-order valence-electron chi connectivity index (χ2n) is 7.29. The zero-order valence-electron chi connectivity index (χ0n) is 15.2. The molecular formula is C20H31BrN2O2. The van der Waals surface area contributed by atoms with Crippen LogP contribution in [0.25, 0.3) is 0 Å². The summed E-state index contributed by atoms with van der Waals surface area (Å²) in [5, 5.41) is 3.50. The van der Waals surface area contributed by atoms with E-state index in [9.17, 15) is 0 Å². The number of ether oxygens (including phenoxy) is 2. The number of halogens is 1. The highest BCUT2D eigenvalue weighted by molar-refractivity contribution is 9.10. The SMILES string of the molecule is CCOc1ccc(Br)cc1[C@H]1CC[C@@H](OCC2NCCCC2N)CC1. The molecule has 1 saturated carbocycles. The van der Waals surface area contributed by atoms with Crippen molar-refractivity contribution >= 4 is 15.9 Å². The second-order valence-corrected chi connectivity index (χ2v) is 8.20. The summed E-state index contributed by atoms with van der Waals surface area (Å²) in [5.41, 5.74) is 7.53.